The van der Waals surface area contributed by atoms with Gasteiger partial charge in [0.1, 0.15) is 0 Å². The number of hydrogen-bond donors (Lipinski definition) is 1. The summed E-state index contributed by atoms with van der Waals surface area (Å²) >= 11 is 0. The lowest BCUT2D eigenvalue weighted by Gasteiger charge is -2.38. The number of rotatable bonds is 5. The quantitative estimate of drug-likeness (QED) is 0.825. The topological polar surface area (TPSA) is 12.0 Å². The van der Waals surface area contributed by atoms with Crippen LogP contribution in [0.25, 0.3) is 0 Å². The van der Waals surface area contributed by atoms with Crippen LogP contribution in [-0.4, -0.2) is 13.6 Å². The number of benzene rings is 1. The molecule has 3 atom stereocenters. The highest BCUT2D eigenvalue weighted by Crippen LogP contribution is 2.43. The molecule has 1 heteroatoms. The highest BCUT2D eigenvalue weighted by Gasteiger charge is 2.32. The molecule has 0 saturated heterocycles. The maximum Gasteiger partial charge on any atom is -0.00177 e. The largest absolute Gasteiger partial charge is 0.319 e. The number of hydrogen-bond acceptors (Lipinski definition) is 1. The molecule has 0 amide bonds. The molecule has 1 aromatic rings. The van der Waals surface area contributed by atoms with Crippen LogP contribution < -0.4 is 5.32 Å². The first kappa shape index (κ1) is 15.6. The van der Waals surface area contributed by atoms with Gasteiger partial charge in [0.25, 0.3) is 0 Å². The molecule has 0 radical (unpaired) electrons. The van der Waals surface area contributed by atoms with Crippen LogP contribution >= 0.6 is 0 Å². The lowest BCUT2D eigenvalue weighted by Crippen LogP contribution is -2.32. The smallest absolute Gasteiger partial charge is 0.00177 e. The van der Waals surface area contributed by atoms with Crippen molar-refractivity contribution in [3.05, 3.63) is 35.4 Å². The van der Waals surface area contributed by atoms with Crippen LogP contribution in [0.15, 0.2) is 24.3 Å². The Hall–Kier alpha value is -0.820. The first-order chi connectivity index (χ1) is 9.65. The molecule has 1 saturated carbocycles. The molecule has 0 bridgehead atoms. The second-order valence-corrected chi connectivity index (χ2v) is 6.84. The van der Waals surface area contributed by atoms with Crippen LogP contribution in [-0.2, 0) is 6.42 Å². The highest BCUT2D eigenvalue weighted by molar-refractivity contribution is 5.27. The minimum Gasteiger partial charge on any atom is -0.319 e. The SMILES string of the molecule is CCc1cccc(C2CC(C(C)C)CCC2CNC)c1. The van der Waals surface area contributed by atoms with Crippen molar-refractivity contribution in [2.45, 2.75) is 52.4 Å². The van der Waals surface area contributed by atoms with E-state index in [-0.39, 0.29) is 0 Å². The van der Waals surface area contributed by atoms with E-state index in [1.807, 2.05) is 0 Å². The summed E-state index contributed by atoms with van der Waals surface area (Å²) in [6, 6.07) is 9.33. The van der Waals surface area contributed by atoms with Gasteiger partial charge in [-0.3, -0.25) is 0 Å². The van der Waals surface area contributed by atoms with E-state index in [9.17, 15) is 0 Å². The molecule has 112 valence electrons. The zero-order valence-electron chi connectivity index (χ0n) is 13.7. The molecule has 0 heterocycles. The summed E-state index contributed by atoms with van der Waals surface area (Å²) in [6.45, 7) is 8.19. The van der Waals surface area contributed by atoms with Crippen molar-refractivity contribution in [1.82, 2.24) is 5.32 Å². The molecule has 0 spiro atoms. The lowest BCUT2D eigenvalue weighted by molar-refractivity contribution is 0.192. The first-order valence-corrected chi connectivity index (χ1v) is 8.39. The Balaban J connectivity index is 2.21. The lowest BCUT2D eigenvalue weighted by atomic mass is 9.68. The summed E-state index contributed by atoms with van der Waals surface area (Å²) in [5.74, 6) is 3.28. The molecule has 3 unspecified atom stereocenters. The van der Waals surface area contributed by atoms with Gasteiger partial charge in [-0.1, -0.05) is 45.0 Å². The maximum atomic E-state index is 3.41. The summed E-state index contributed by atoms with van der Waals surface area (Å²) in [6.07, 6.45) is 5.31. The van der Waals surface area contributed by atoms with Crippen LogP contribution in [0, 0.1) is 17.8 Å². The molecule has 1 aliphatic carbocycles. The van der Waals surface area contributed by atoms with E-state index in [1.165, 1.54) is 24.8 Å². The predicted molar refractivity (Wildman–Crippen MR) is 88.2 cm³/mol. The van der Waals surface area contributed by atoms with Crippen molar-refractivity contribution in [2.75, 3.05) is 13.6 Å². The molecule has 20 heavy (non-hydrogen) atoms. The second kappa shape index (κ2) is 7.26. The molecule has 1 fully saturated rings. The van der Waals surface area contributed by atoms with Crippen molar-refractivity contribution < 1.29 is 0 Å². The zero-order chi connectivity index (χ0) is 14.5. The van der Waals surface area contributed by atoms with E-state index in [0.29, 0.717) is 0 Å². The minimum atomic E-state index is 0.745. The molecular formula is C19H31N. The predicted octanol–water partition coefficient (Wildman–Crippen LogP) is 4.62. The van der Waals surface area contributed by atoms with Gasteiger partial charge < -0.3 is 5.32 Å². The third-order valence-corrected chi connectivity index (χ3v) is 5.23. The summed E-state index contributed by atoms with van der Waals surface area (Å²) in [5.41, 5.74) is 3.06. The van der Waals surface area contributed by atoms with E-state index >= 15 is 0 Å². The molecule has 1 nitrogen and oxygen atoms in total. The van der Waals surface area contributed by atoms with Gasteiger partial charge in [-0.15, -0.1) is 0 Å². The number of aryl methyl sites for hydroxylation is 1. The normalized spacial score (nSPS) is 26.9. The fraction of sp³-hybridized carbons (Fsp3) is 0.684. The standard InChI is InChI=1S/C19H31N/c1-5-15-7-6-8-17(11-15)19-12-16(14(2)3)9-10-18(19)13-20-4/h6-8,11,14,16,18-20H,5,9-10,12-13H2,1-4H3. The van der Waals surface area contributed by atoms with Gasteiger partial charge in [-0.25, -0.2) is 0 Å². The Kier molecular flexibility index (Phi) is 5.65. The van der Waals surface area contributed by atoms with Crippen molar-refractivity contribution >= 4 is 0 Å². The average molecular weight is 273 g/mol. The van der Waals surface area contributed by atoms with Gasteiger partial charge >= 0.3 is 0 Å². The Bertz CT molecular complexity index is 410. The Morgan fingerprint density at radius 2 is 2.05 bits per heavy atom. The van der Waals surface area contributed by atoms with Crippen LogP contribution in [0.5, 0.6) is 0 Å². The third kappa shape index (κ3) is 3.63. The molecule has 2 rings (SSSR count). The zero-order valence-corrected chi connectivity index (χ0v) is 13.7. The van der Waals surface area contributed by atoms with Gasteiger partial charge in [0.15, 0.2) is 0 Å². The summed E-state index contributed by atoms with van der Waals surface area (Å²) < 4.78 is 0. The van der Waals surface area contributed by atoms with Crippen molar-refractivity contribution in [3.8, 4) is 0 Å². The van der Waals surface area contributed by atoms with E-state index in [4.69, 9.17) is 0 Å². The Labute approximate surface area is 125 Å². The Morgan fingerprint density at radius 1 is 1.25 bits per heavy atom. The van der Waals surface area contributed by atoms with Crippen LogP contribution in [0.4, 0.5) is 0 Å². The molecule has 1 aromatic carbocycles. The monoisotopic (exact) mass is 273 g/mol. The molecular weight excluding hydrogens is 242 g/mol. The van der Waals surface area contributed by atoms with Crippen LogP contribution in [0.2, 0.25) is 0 Å². The second-order valence-electron chi connectivity index (χ2n) is 6.84. The van der Waals surface area contributed by atoms with Crippen molar-refractivity contribution in [2.24, 2.45) is 17.8 Å². The maximum absolute atomic E-state index is 3.41. The van der Waals surface area contributed by atoms with E-state index in [1.54, 1.807) is 5.56 Å². The highest BCUT2D eigenvalue weighted by atomic mass is 14.8. The molecule has 1 N–H and O–H groups in total. The fourth-order valence-electron chi connectivity index (χ4n) is 3.83. The fourth-order valence-corrected chi connectivity index (χ4v) is 3.83. The van der Waals surface area contributed by atoms with Gasteiger partial charge in [0.05, 0.1) is 0 Å². The van der Waals surface area contributed by atoms with Crippen LogP contribution in [0.1, 0.15) is 57.1 Å². The molecule has 0 aliphatic heterocycles. The summed E-state index contributed by atoms with van der Waals surface area (Å²) in [7, 11) is 2.09. The summed E-state index contributed by atoms with van der Waals surface area (Å²) in [4.78, 5) is 0. The van der Waals surface area contributed by atoms with Crippen molar-refractivity contribution in [1.29, 1.82) is 0 Å². The van der Waals surface area contributed by atoms with Gasteiger partial charge in [0.2, 0.25) is 0 Å². The minimum absolute atomic E-state index is 0.745. The average Bonchev–Trinajstić information content (AvgIpc) is 2.48. The van der Waals surface area contributed by atoms with Gasteiger partial charge in [0, 0.05) is 0 Å². The van der Waals surface area contributed by atoms with Gasteiger partial charge in [-0.2, -0.15) is 0 Å². The first-order valence-electron chi connectivity index (χ1n) is 8.39. The molecule has 0 aromatic heterocycles. The van der Waals surface area contributed by atoms with Crippen molar-refractivity contribution in [3.63, 3.8) is 0 Å². The van der Waals surface area contributed by atoms with E-state index in [0.717, 1.165) is 36.6 Å². The van der Waals surface area contributed by atoms with E-state index < -0.39 is 0 Å². The van der Waals surface area contributed by atoms with E-state index in [2.05, 4.69) is 57.4 Å². The molecule has 1 aliphatic rings. The summed E-state index contributed by atoms with van der Waals surface area (Å²) in [5, 5.41) is 3.41. The van der Waals surface area contributed by atoms with Crippen LogP contribution in [0.3, 0.4) is 0 Å². The third-order valence-electron chi connectivity index (χ3n) is 5.23. The Morgan fingerprint density at radius 3 is 2.70 bits per heavy atom. The number of nitrogens with one attached hydrogen (secondary N) is 1. The van der Waals surface area contributed by atoms with Gasteiger partial charge in [-0.05, 0) is 74.1 Å².